The maximum atomic E-state index is 13.2. The Kier molecular flexibility index (Phi) is 4.31. The molecular weight excluding hydrogens is 379 g/mol. The maximum Gasteiger partial charge on any atom is 0.282 e. The summed E-state index contributed by atoms with van der Waals surface area (Å²) in [5, 5.41) is 2.42. The van der Waals surface area contributed by atoms with Crippen molar-refractivity contribution in [2.75, 3.05) is 18.0 Å². The molecule has 0 saturated carbocycles. The van der Waals surface area contributed by atoms with Crippen LogP contribution in [0, 0.1) is 0 Å². The van der Waals surface area contributed by atoms with Gasteiger partial charge in [0.05, 0.1) is 21.3 Å². The standard InChI is InChI=1S/C18H14Cl2N2O2S/c19-11-5-3-6-12(15(11)20)22-17(23)14(13-7-4-10-25-13)16(18(22)24)21-8-1-2-9-21/h3-7,10H,1-2,8-9H2. The van der Waals surface area contributed by atoms with E-state index in [9.17, 15) is 9.59 Å². The second-order valence-corrected chi connectivity index (χ2v) is 7.65. The number of anilines is 1. The summed E-state index contributed by atoms with van der Waals surface area (Å²) in [6.07, 6.45) is 2.03. The molecule has 0 atom stereocenters. The number of rotatable bonds is 3. The molecule has 128 valence electrons. The van der Waals surface area contributed by atoms with Crippen LogP contribution in [-0.4, -0.2) is 29.8 Å². The Morgan fingerprint density at radius 2 is 1.72 bits per heavy atom. The number of benzene rings is 1. The summed E-state index contributed by atoms with van der Waals surface area (Å²) < 4.78 is 0. The normalized spacial score (nSPS) is 18.0. The zero-order valence-electron chi connectivity index (χ0n) is 13.2. The summed E-state index contributed by atoms with van der Waals surface area (Å²) in [5.41, 5.74) is 1.26. The fourth-order valence-corrected chi connectivity index (χ4v) is 4.42. The van der Waals surface area contributed by atoms with E-state index in [0.29, 0.717) is 22.0 Å². The molecule has 0 unspecified atom stereocenters. The van der Waals surface area contributed by atoms with Gasteiger partial charge in [0.1, 0.15) is 5.70 Å². The van der Waals surface area contributed by atoms with Crippen LogP contribution in [0.4, 0.5) is 5.69 Å². The van der Waals surface area contributed by atoms with E-state index in [2.05, 4.69) is 0 Å². The molecule has 1 saturated heterocycles. The monoisotopic (exact) mass is 392 g/mol. The molecule has 4 nitrogen and oxygen atoms in total. The summed E-state index contributed by atoms with van der Waals surface area (Å²) in [6.45, 7) is 1.56. The number of halogens is 2. The molecule has 3 heterocycles. The van der Waals surface area contributed by atoms with Gasteiger partial charge in [0, 0.05) is 18.0 Å². The van der Waals surface area contributed by atoms with Gasteiger partial charge in [-0.25, -0.2) is 4.90 Å². The third-order valence-corrected chi connectivity index (χ3v) is 6.12. The van der Waals surface area contributed by atoms with Gasteiger partial charge in [-0.1, -0.05) is 35.3 Å². The smallest absolute Gasteiger partial charge is 0.282 e. The van der Waals surface area contributed by atoms with Gasteiger partial charge in [-0.2, -0.15) is 0 Å². The lowest BCUT2D eigenvalue weighted by molar-refractivity contribution is -0.120. The highest BCUT2D eigenvalue weighted by Gasteiger charge is 2.44. The Morgan fingerprint density at radius 1 is 0.960 bits per heavy atom. The van der Waals surface area contributed by atoms with Crippen molar-refractivity contribution in [2.24, 2.45) is 0 Å². The number of carbonyl (C=O) groups is 2. The van der Waals surface area contributed by atoms with Crippen molar-refractivity contribution in [3.8, 4) is 0 Å². The van der Waals surface area contributed by atoms with Crippen LogP contribution in [0.2, 0.25) is 10.0 Å². The molecule has 0 spiro atoms. The zero-order chi connectivity index (χ0) is 17.6. The fraction of sp³-hybridized carbons (Fsp3) is 0.222. The molecular formula is C18H14Cl2N2O2S. The van der Waals surface area contributed by atoms with Gasteiger partial charge in [-0.15, -0.1) is 11.3 Å². The lowest BCUT2D eigenvalue weighted by Gasteiger charge is -2.21. The van der Waals surface area contributed by atoms with Crippen LogP contribution in [-0.2, 0) is 9.59 Å². The van der Waals surface area contributed by atoms with E-state index in [1.807, 2.05) is 22.4 Å². The van der Waals surface area contributed by atoms with Crippen molar-refractivity contribution in [2.45, 2.75) is 12.8 Å². The number of hydrogen-bond donors (Lipinski definition) is 0. The van der Waals surface area contributed by atoms with Crippen LogP contribution in [0.3, 0.4) is 0 Å². The number of hydrogen-bond acceptors (Lipinski definition) is 4. The minimum Gasteiger partial charge on any atom is -0.366 e. The molecule has 2 aliphatic rings. The molecule has 2 aromatic rings. The van der Waals surface area contributed by atoms with Crippen LogP contribution < -0.4 is 4.90 Å². The van der Waals surface area contributed by atoms with Gasteiger partial charge in [0.15, 0.2) is 0 Å². The number of likely N-dealkylation sites (tertiary alicyclic amines) is 1. The third-order valence-electron chi connectivity index (χ3n) is 4.42. The predicted molar refractivity (Wildman–Crippen MR) is 101 cm³/mol. The van der Waals surface area contributed by atoms with E-state index in [0.717, 1.165) is 35.7 Å². The number of nitrogens with zero attached hydrogens (tertiary/aromatic N) is 2. The fourth-order valence-electron chi connectivity index (χ4n) is 3.28. The number of carbonyl (C=O) groups excluding carboxylic acids is 2. The Labute approximate surface area is 159 Å². The van der Waals surface area contributed by atoms with Crippen LogP contribution in [0.5, 0.6) is 0 Å². The molecule has 7 heteroatoms. The van der Waals surface area contributed by atoms with E-state index >= 15 is 0 Å². The van der Waals surface area contributed by atoms with E-state index in [-0.39, 0.29) is 16.8 Å². The van der Waals surface area contributed by atoms with Crippen LogP contribution in [0.15, 0.2) is 41.4 Å². The number of thiophene rings is 1. The summed E-state index contributed by atoms with van der Waals surface area (Å²) in [6, 6.07) is 8.70. The molecule has 2 aliphatic heterocycles. The average molecular weight is 393 g/mol. The summed E-state index contributed by atoms with van der Waals surface area (Å²) in [4.78, 5) is 30.3. The van der Waals surface area contributed by atoms with Gasteiger partial charge in [0.2, 0.25) is 0 Å². The molecule has 1 aromatic carbocycles. The topological polar surface area (TPSA) is 40.6 Å². The molecule has 1 fully saturated rings. The highest BCUT2D eigenvalue weighted by Crippen LogP contribution is 2.41. The van der Waals surface area contributed by atoms with Crippen molar-refractivity contribution < 1.29 is 9.59 Å². The summed E-state index contributed by atoms with van der Waals surface area (Å²) >= 11 is 13.8. The molecule has 0 aliphatic carbocycles. The van der Waals surface area contributed by atoms with Crippen molar-refractivity contribution in [3.63, 3.8) is 0 Å². The molecule has 2 amide bonds. The largest absolute Gasteiger partial charge is 0.366 e. The summed E-state index contributed by atoms with van der Waals surface area (Å²) in [7, 11) is 0. The lowest BCUT2D eigenvalue weighted by atomic mass is 10.2. The molecule has 0 bridgehead atoms. The van der Waals surface area contributed by atoms with Crippen molar-refractivity contribution in [1.29, 1.82) is 0 Å². The van der Waals surface area contributed by atoms with E-state index in [4.69, 9.17) is 23.2 Å². The van der Waals surface area contributed by atoms with E-state index < -0.39 is 0 Å². The van der Waals surface area contributed by atoms with Crippen molar-refractivity contribution in [3.05, 3.63) is 56.3 Å². The van der Waals surface area contributed by atoms with E-state index in [1.165, 1.54) is 11.3 Å². The minimum atomic E-state index is -0.349. The van der Waals surface area contributed by atoms with Gasteiger partial charge in [-0.05, 0) is 36.4 Å². The lowest BCUT2D eigenvalue weighted by Crippen LogP contribution is -2.34. The van der Waals surface area contributed by atoms with Gasteiger partial charge < -0.3 is 4.90 Å². The van der Waals surface area contributed by atoms with E-state index in [1.54, 1.807) is 18.2 Å². The maximum absolute atomic E-state index is 13.2. The van der Waals surface area contributed by atoms with Crippen LogP contribution in [0.1, 0.15) is 17.7 Å². The molecule has 4 rings (SSSR count). The Hall–Kier alpha value is -1.82. The summed E-state index contributed by atoms with van der Waals surface area (Å²) in [5.74, 6) is -0.682. The molecule has 0 N–H and O–H groups in total. The molecule has 25 heavy (non-hydrogen) atoms. The van der Waals surface area contributed by atoms with Crippen LogP contribution in [0.25, 0.3) is 5.57 Å². The van der Waals surface area contributed by atoms with Crippen molar-refractivity contribution >= 4 is 57.6 Å². The number of imide groups is 1. The highest BCUT2D eigenvalue weighted by molar-refractivity contribution is 7.11. The van der Waals surface area contributed by atoms with Gasteiger partial charge >= 0.3 is 0 Å². The van der Waals surface area contributed by atoms with Gasteiger partial charge in [0.25, 0.3) is 11.8 Å². The minimum absolute atomic E-state index is 0.207. The molecule has 0 radical (unpaired) electrons. The second-order valence-electron chi connectivity index (χ2n) is 5.91. The second kappa shape index (κ2) is 6.48. The quantitative estimate of drug-likeness (QED) is 0.725. The first kappa shape index (κ1) is 16.6. The Morgan fingerprint density at radius 3 is 2.40 bits per heavy atom. The van der Waals surface area contributed by atoms with Crippen molar-refractivity contribution in [1.82, 2.24) is 4.90 Å². The molecule has 1 aromatic heterocycles. The first-order valence-corrected chi connectivity index (χ1v) is 9.59. The first-order valence-electron chi connectivity index (χ1n) is 7.95. The van der Waals surface area contributed by atoms with Crippen LogP contribution >= 0.6 is 34.5 Å². The Bertz CT molecular complexity index is 886. The van der Waals surface area contributed by atoms with Gasteiger partial charge in [-0.3, -0.25) is 9.59 Å². The number of amides is 2. The highest BCUT2D eigenvalue weighted by atomic mass is 35.5. The SMILES string of the molecule is O=C1C(c2cccs2)=C(N2CCCC2)C(=O)N1c1cccc(Cl)c1Cl. The predicted octanol–water partition coefficient (Wildman–Crippen LogP) is 4.44. The average Bonchev–Trinajstić information content (AvgIpc) is 3.32. The third kappa shape index (κ3) is 2.67. The zero-order valence-corrected chi connectivity index (χ0v) is 15.5. The first-order chi connectivity index (χ1) is 12.1. The Balaban J connectivity index is 1.86.